The molecule has 1 aromatic rings. The van der Waals surface area contributed by atoms with E-state index in [9.17, 15) is 8.42 Å². The third kappa shape index (κ3) is 3.89. The summed E-state index contributed by atoms with van der Waals surface area (Å²) < 4.78 is 30.5. The van der Waals surface area contributed by atoms with Crippen molar-refractivity contribution in [3.05, 3.63) is 23.5 Å². The molecule has 0 bridgehead atoms. The van der Waals surface area contributed by atoms with Gasteiger partial charge in [0, 0.05) is 26.4 Å². The van der Waals surface area contributed by atoms with Gasteiger partial charge in [-0.3, -0.25) is 0 Å². The minimum absolute atomic E-state index is 0.00559. The first kappa shape index (κ1) is 15.3. The molecule has 0 aliphatic carbocycles. The van der Waals surface area contributed by atoms with Crippen LogP contribution >= 0.6 is 11.6 Å². The maximum absolute atomic E-state index is 12.3. The van der Waals surface area contributed by atoms with E-state index in [1.54, 1.807) is 0 Å². The number of aromatic nitrogens is 1. The number of hydrogen-bond acceptors (Lipinski definition) is 5. The Balaban J connectivity index is 3.00. The fourth-order valence-electron chi connectivity index (χ4n) is 1.35. The van der Waals surface area contributed by atoms with Crippen LogP contribution in [0.4, 0.5) is 0 Å². The van der Waals surface area contributed by atoms with Crippen molar-refractivity contribution in [3.63, 3.8) is 0 Å². The van der Waals surface area contributed by atoms with Gasteiger partial charge in [0.25, 0.3) is 0 Å². The second kappa shape index (κ2) is 7.01. The quantitative estimate of drug-likeness (QED) is 0.735. The van der Waals surface area contributed by atoms with Gasteiger partial charge >= 0.3 is 0 Å². The van der Waals surface area contributed by atoms with Crippen molar-refractivity contribution in [1.82, 2.24) is 9.29 Å². The third-order valence-electron chi connectivity index (χ3n) is 2.23. The van der Waals surface area contributed by atoms with Gasteiger partial charge in [-0.05, 0) is 12.1 Å². The molecule has 0 unspecified atom stereocenters. The molecule has 1 aromatic heterocycles. The molecule has 1 N–H and O–H groups in total. The van der Waals surface area contributed by atoms with E-state index >= 15 is 0 Å². The van der Waals surface area contributed by atoms with Gasteiger partial charge in [0.05, 0.1) is 18.1 Å². The third-order valence-corrected chi connectivity index (χ3v) is 4.33. The van der Waals surface area contributed by atoms with E-state index in [0.717, 1.165) is 4.31 Å². The Morgan fingerprint density at radius 3 is 2.78 bits per heavy atom. The van der Waals surface area contributed by atoms with Gasteiger partial charge in [-0.2, -0.15) is 4.31 Å². The van der Waals surface area contributed by atoms with Gasteiger partial charge in [0.15, 0.2) is 0 Å². The first-order valence-electron chi connectivity index (χ1n) is 5.24. The lowest BCUT2D eigenvalue weighted by atomic mass is 10.5. The Morgan fingerprint density at radius 2 is 2.22 bits per heavy atom. The smallest absolute Gasteiger partial charge is 0.243 e. The van der Waals surface area contributed by atoms with Crippen LogP contribution in [0.15, 0.2) is 23.2 Å². The number of aliphatic hydroxyl groups is 1. The molecule has 8 heteroatoms. The van der Waals surface area contributed by atoms with E-state index in [1.165, 1.54) is 25.4 Å². The molecular weight excluding hydrogens is 280 g/mol. The highest BCUT2D eigenvalue weighted by atomic mass is 35.5. The first-order chi connectivity index (χ1) is 8.52. The number of methoxy groups -OCH3 is 1. The topological polar surface area (TPSA) is 79.7 Å². The zero-order chi connectivity index (χ0) is 13.6. The van der Waals surface area contributed by atoms with Crippen molar-refractivity contribution in [2.75, 3.05) is 33.4 Å². The maximum atomic E-state index is 12.3. The van der Waals surface area contributed by atoms with Crippen molar-refractivity contribution in [2.24, 2.45) is 0 Å². The summed E-state index contributed by atoms with van der Waals surface area (Å²) in [4.78, 5) is 3.78. The van der Waals surface area contributed by atoms with Crippen LogP contribution in [0, 0.1) is 0 Å². The second-order valence-electron chi connectivity index (χ2n) is 3.43. The van der Waals surface area contributed by atoms with Crippen LogP contribution in [-0.2, 0) is 14.8 Å². The number of aliphatic hydroxyl groups excluding tert-OH is 1. The average molecular weight is 295 g/mol. The lowest BCUT2D eigenvalue weighted by Gasteiger charge is -2.20. The summed E-state index contributed by atoms with van der Waals surface area (Å²) in [6, 6.07) is 2.63. The lowest BCUT2D eigenvalue weighted by Crippen LogP contribution is -2.36. The van der Waals surface area contributed by atoms with Crippen LogP contribution in [0.5, 0.6) is 0 Å². The Kier molecular flexibility index (Phi) is 5.97. The Labute approximate surface area is 111 Å². The standard InChI is InChI=1S/C10H15ClN2O4S/c1-17-7-5-13(4-6-14)18(15,16)9-2-3-12-10(11)8-9/h2-3,8,14H,4-7H2,1H3. The Hall–Kier alpha value is -0.730. The molecule has 0 aromatic carbocycles. The zero-order valence-electron chi connectivity index (χ0n) is 9.91. The summed E-state index contributed by atoms with van der Waals surface area (Å²) in [6.07, 6.45) is 1.32. The summed E-state index contributed by atoms with van der Waals surface area (Å²) in [7, 11) is -2.21. The molecular formula is C10H15ClN2O4S. The van der Waals surface area contributed by atoms with Crippen LogP contribution in [0.3, 0.4) is 0 Å². The minimum atomic E-state index is -3.69. The molecule has 0 amide bonds. The monoisotopic (exact) mass is 294 g/mol. The second-order valence-corrected chi connectivity index (χ2v) is 5.76. The number of sulfonamides is 1. The maximum Gasteiger partial charge on any atom is 0.243 e. The normalized spacial score (nSPS) is 12.0. The average Bonchev–Trinajstić information content (AvgIpc) is 2.34. The molecule has 0 aliphatic rings. The van der Waals surface area contributed by atoms with Gasteiger partial charge in [0.2, 0.25) is 10.0 Å². The molecule has 18 heavy (non-hydrogen) atoms. The van der Waals surface area contributed by atoms with Crippen molar-refractivity contribution in [1.29, 1.82) is 0 Å². The van der Waals surface area contributed by atoms with Crippen molar-refractivity contribution in [3.8, 4) is 0 Å². The minimum Gasteiger partial charge on any atom is -0.395 e. The molecule has 1 heterocycles. The molecule has 0 aliphatic heterocycles. The highest BCUT2D eigenvalue weighted by Crippen LogP contribution is 2.17. The number of nitrogens with zero attached hydrogens (tertiary/aromatic N) is 2. The van der Waals surface area contributed by atoms with Gasteiger partial charge in [0.1, 0.15) is 5.15 Å². The van der Waals surface area contributed by atoms with Crippen LogP contribution in [0.2, 0.25) is 5.15 Å². The molecule has 0 saturated heterocycles. The summed E-state index contributed by atoms with van der Waals surface area (Å²) in [5.74, 6) is 0. The summed E-state index contributed by atoms with van der Waals surface area (Å²) in [5, 5.41) is 9.02. The van der Waals surface area contributed by atoms with E-state index in [-0.39, 0.29) is 36.4 Å². The van der Waals surface area contributed by atoms with Gasteiger partial charge in [-0.25, -0.2) is 13.4 Å². The highest BCUT2D eigenvalue weighted by molar-refractivity contribution is 7.89. The Morgan fingerprint density at radius 1 is 1.50 bits per heavy atom. The SMILES string of the molecule is COCCN(CCO)S(=O)(=O)c1ccnc(Cl)c1. The van der Waals surface area contributed by atoms with Crippen molar-refractivity contribution < 1.29 is 18.3 Å². The molecule has 102 valence electrons. The first-order valence-corrected chi connectivity index (χ1v) is 7.05. The predicted octanol–water partition coefficient (Wildman–Crippen LogP) is 0.364. The van der Waals surface area contributed by atoms with Gasteiger partial charge < -0.3 is 9.84 Å². The molecule has 0 atom stereocenters. The number of pyridine rings is 1. The van der Waals surface area contributed by atoms with Gasteiger partial charge in [-0.15, -0.1) is 0 Å². The summed E-state index contributed by atoms with van der Waals surface area (Å²) in [6.45, 7) is 0.158. The number of halogens is 1. The fourth-order valence-corrected chi connectivity index (χ4v) is 3.02. The van der Waals surface area contributed by atoms with E-state index in [1.807, 2.05) is 0 Å². The molecule has 0 radical (unpaired) electrons. The van der Waals surface area contributed by atoms with Gasteiger partial charge in [-0.1, -0.05) is 11.6 Å². The number of ether oxygens (including phenoxy) is 1. The predicted molar refractivity (Wildman–Crippen MR) is 67.0 cm³/mol. The lowest BCUT2D eigenvalue weighted by molar-refractivity contribution is 0.168. The van der Waals surface area contributed by atoms with E-state index in [0.29, 0.717) is 0 Å². The fraction of sp³-hybridized carbons (Fsp3) is 0.500. The highest BCUT2D eigenvalue weighted by Gasteiger charge is 2.24. The molecule has 6 nitrogen and oxygen atoms in total. The van der Waals surface area contributed by atoms with Crippen molar-refractivity contribution >= 4 is 21.6 Å². The zero-order valence-corrected chi connectivity index (χ0v) is 11.5. The molecule has 0 saturated carbocycles. The van der Waals surface area contributed by atoms with E-state index < -0.39 is 10.0 Å². The Bertz CT molecular complexity index is 481. The van der Waals surface area contributed by atoms with Crippen molar-refractivity contribution in [2.45, 2.75) is 4.90 Å². The molecule has 1 rings (SSSR count). The largest absolute Gasteiger partial charge is 0.395 e. The van der Waals surface area contributed by atoms with Crippen LogP contribution in [0.1, 0.15) is 0 Å². The van der Waals surface area contributed by atoms with E-state index in [4.69, 9.17) is 21.4 Å². The molecule has 0 spiro atoms. The van der Waals surface area contributed by atoms with Crippen LogP contribution in [0.25, 0.3) is 0 Å². The van der Waals surface area contributed by atoms with Crippen LogP contribution in [-0.4, -0.2) is 56.2 Å². The van der Waals surface area contributed by atoms with Crippen LogP contribution < -0.4 is 0 Å². The number of rotatable bonds is 7. The van der Waals surface area contributed by atoms with E-state index in [2.05, 4.69) is 4.98 Å². The molecule has 0 fully saturated rings. The summed E-state index contributed by atoms with van der Waals surface area (Å²) in [5.41, 5.74) is 0. The number of hydrogen-bond donors (Lipinski definition) is 1. The summed E-state index contributed by atoms with van der Waals surface area (Å²) >= 11 is 5.67.